The molecule has 0 radical (unpaired) electrons. The second kappa shape index (κ2) is 7.95. The Morgan fingerprint density at radius 3 is 2.05 bits per heavy atom. The standard InChI is InChI=1S/C17H29NO2S/c1-6-12-21(19,20)16-10-8-15(9-11-16)17(13(3)4)14(5)18-7-2/h8-11,13-14,17-18H,6-7,12H2,1-5H3. The van der Waals surface area contributed by atoms with Crippen molar-refractivity contribution in [2.45, 2.75) is 57.9 Å². The lowest BCUT2D eigenvalue weighted by atomic mass is 9.83. The molecule has 2 unspecified atom stereocenters. The number of sulfone groups is 1. The van der Waals surface area contributed by atoms with Crippen molar-refractivity contribution in [3.8, 4) is 0 Å². The summed E-state index contributed by atoms with van der Waals surface area (Å²) in [5.74, 6) is 1.10. The molecule has 0 amide bonds. The van der Waals surface area contributed by atoms with Crippen LogP contribution in [0.3, 0.4) is 0 Å². The van der Waals surface area contributed by atoms with Gasteiger partial charge in [-0.05, 0) is 43.5 Å². The van der Waals surface area contributed by atoms with E-state index in [-0.39, 0.29) is 5.75 Å². The van der Waals surface area contributed by atoms with Gasteiger partial charge in [0.25, 0.3) is 0 Å². The van der Waals surface area contributed by atoms with Crippen LogP contribution >= 0.6 is 0 Å². The van der Waals surface area contributed by atoms with Crippen molar-refractivity contribution < 1.29 is 8.42 Å². The van der Waals surface area contributed by atoms with E-state index < -0.39 is 9.84 Å². The van der Waals surface area contributed by atoms with Crippen LogP contribution in [0.25, 0.3) is 0 Å². The molecule has 1 aromatic carbocycles. The highest BCUT2D eigenvalue weighted by atomic mass is 32.2. The minimum Gasteiger partial charge on any atom is -0.314 e. The maximum atomic E-state index is 12.1. The van der Waals surface area contributed by atoms with E-state index in [4.69, 9.17) is 0 Å². The summed E-state index contributed by atoms with van der Waals surface area (Å²) in [6.45, 7) is 11.5. The summed E-state index contributed by atoms with van der Waals surface area (Å²) in [4.78, 5) is 0.437. The Morgan fingerprint density at radius 1 is 1.05 bits per heavy atom. The first-order valence-electron chi connectivity index (χ1n) is 7.89. The van der Waals surface area contributed by atoms with Crippen molar-refractivity contribution in [1.29, 1.82) is 0 Å². The van der Waals surface area contributed by atoms with Crippen molar-refractivity contribution in [3.63, 3.8) is 0 Å². The van der Waals surface area contributed by atoms with Gasteiger partial charge in [-0.25, -0.2) is 8.42 Å². The summed E-state index contributed by atoms with van der Waals surface area (Å²) < 4.78 is 24.1. The van der Waals surface area contributed by atoms with E-state index in [9.17, 15) is 8.42 Å². The Hall–Kier alpha value is -0.870. The van der Waals surface area contributed by atoms with Crippen LogP contribution < -0.4 is 5.32 Å². The third kappa shape index (κ3) is 4.82. The second-order valence-corrected chi connectivity index (χ2v) is 8.11. The van der Waals surface area contributed by atoms with Gasteiger partial charge in [-0.15, -0.1) is 0 Å². The molecule has 0 aliphatic carbocycles. The van der Waals surface area contributed by atoms with Gasteiger partial charge in [-0.3, -0.25) is 0 Å². The number of hydrogen-bond acceptors (Lipinski definition) is 3. The number of benzene rings is 1. The topological polar surface area (TPSA) is 46.2 Å². The Morgan fingerprint density at radius 2 is 1.62 bits per heavy atom. The summed E-state index contributed by atoms with van der Waals surface area (Å²) in [5, 5.41) is 3.47. The zero-order valence-corrected chi connectivity index (χ0v) is 14.7. The van der Waals surface area contributed by atoms with Gasteiger partial charge in [0.05, 0.1) is 10.6 Å². The number of hydrogen-bond donors (Lipinski definition) is 1. The molecule has 120 valence electrons. The fraction of sp³-hybridized carbons (Fsp3) is 0.647. The average Bonchev–Trinajstić information content (AvgIpc) is 2.39. The molecule has 0 aliphatic heterocycles. The van der Waals surface area contributed by atoms with Crippen molar-refractivity contribution >= 4 is 9.84 Å². The van der Waals surface area contributed by atoms with E-state index in [1.807, 2.05) is 19.1 Å². The number of likely N-dealkylation sites (N-methyl/N-ethyl adjacent to an activating group) is 1. The molecule has 1 rings (SSSR count). The lowest BCUT2D eigenvalue weighted by molar-refractivity contribution is 0.383. The van der Waals surface area contributed by atoms with Gasteiger partial charge in [0, 0.05) is 12.0 Å². The van der Waals surface area contributed by atoms with Crippen LogP contribution in [0.1, 0.15) is 52.5 Å². The lowest BCUT2D eigenvalue weighted by Gasteiger charge is -2.28. The van der Waals surface area contributed by atoms with Crippen LogP contribution in [0, 0.1) is 5.92 Å². The van der Waals surface area contributed by atoms with E-state index in [0.717, 1.165) is 6.54 Å². The molecule has 4 heteroatoms. The van der Waals surface area contributed by atoms with Crippen molar-refractivity contribution in [3.05, 3.63) is 29.8 Å². The van der Waals surface area contributed by atoms with E-state index in [1.165, 1.54) is 5.56 Å². The summed E-state index contributed by atoms with van der Waals surface area (Å²) in [5.41, 5.74) is 1.20. The fourth-order valence-corrected chi connectivity index (χ4v) is 4.31. The first-order chi connectivity index (χ1) is 9.83. The summed E-state index contributed by atoms with van der Waals surface area (Å²) >= 11 is 0. The maximum Gasteiger partial charge on any atom is 0.178 e. The van der Waals surface area contributed by atoms with Crippen LogP contribution in [0.2, 0.25) is 0 Å². The molecule has 0 fully saturated rings. The molecular weight excluding hydrogens is 282 g/mol. The first kappa shape index (κ1) is 18.2. The van der Waals surface area contributed by atoms with Crippen LogP contribution in [0.5, 0.6) is 0 Å². The molecule has 0 bridgehead atoms. The third-order valence-corrected chi connectivity index (χ3v) is 5.82. The molecule has 0 saturated heterocycles. The molecule has 1 aromatic rings. The number of rotatable bonds is 8. The van der Waals surface area contributed by atoms with Crippen LogP contribution in [-0.4, -0.2) is 26.8 Å². The molecular formula is C17H29NO2S. The van der Waals surface area contributed by atoms with Gasteiger partial charge in [0.15, 0.2) is 9.84 Å². The quantitative estimate of drug-likeness (QED) is 0.798. The van der Waals surface area contributed by atoms with Crippen molar-refractivity contribution in [2.24, 2.45) is 5.92 Å². The maximum absolute atomic E-state index is 12.1. The minimum absolute atomic E-state index is 0.216. The first-order valence-corrected chi connectivity index (χ1v) is 9.54. The monoisotopic (exact) mass is 311 g/mol. The summed E-state index contributed by atoms with van der Waals surface area (Å²) in [6, 6.07) is 7.83. The molecule has 21 heavy (non-hydrogen) atoms. The zero-order valence-electron chi connectivity index (χ0n) is 13.9. The predicted molar refractivity (Wildman–Crippen MR) is 89.5 cm³/mol. The van der Waals surface area contributed by atoms with Crippen molar-refractivity contribution in [2.75, 3.05) is 12.3 Å². The highest BCUT2D eigenvalue weighted by Crippen LogP contribution is 2.29. The lowest BCUT2D eigenvalue weighted by Crippen LogP contribution is -2.34. The van der Waals surface area contributed by atoms with Gasteiger partial charge < -0.3 is 5.32 Å². The molecule has 0 aromatic heterocycles. The largest absolute Gasteiger partial charge is 0.314 e. The second-order valence-electron chi connectivity index (χ2n) is 6.00. The Kier molecular flexibility index (Phi) is 6.88. The molecule has 2 atom stereocenters. The van der Waals surface area contributed by atoms with Crippen LogP contribution in [0.4, 0.5) is 0 Å². The average molecular weight is 311 g/mol. The molecule has 0 spiro atoms. The molecule has 1 N–H and O–H groups in total. The highest BCUT2D eigenvalue weighted by molar-refractivity contribution is 7.91. The predicted octanol–water partition coefficient (Wildman–Crippen LogP) is 3.61. The van der Waals surface area contributed by atoms with Gasteiger partial charge in [0.1, 0.15) is 0 Å². The molecule has 0 saturated carbocycles. The Balaban J connectivity index is 3.03. The van der Waals surface area contributed by atoms with E-state index >= 15 is 0 Å². The molecule has 0 heterocycles. The van der Waals surface area contributed by atoms with Gasteiger partial charge in [-0.1, -0.05) is 39.8 Å². The molecule has 3 nitrogen and oxygen atoms in total. The fourth-order valence-electron chi connectivity index (χ4n) is 2.98. The SMILES string of the molecule is CCCS(=O)(=O)c1ccc(C(C(C)C)C(C)NCC)cc1. The summed E-state index contributed by atoms with van der Waals surface area (Å²) in [7, 11) is -3.12. The highest BCUT2D eigenvalue weighted by Gasteiger charge is 2.23. The van der Waals surface area contributed by atoms with Gasteiger partial charge in [-0.2, -0.15) is 0 Å². The van der Waals surface area contributed by atoms with Crippen LogP contribution in [0.15, 0.2) is 29.2 Å². The zero-order chi connectivity index (χ0) is 16.0. The minimum atomic E-state index is -3.12. The van der Waals surface area contributed by atoms with Crippen molar-refractivity contribution in [1.82, 2.24) is 5.32 Å². The van der Waals surface area contributed by atoms with E-state index in [1.54, 1.807) is 12.1 Å². The van der Waals surface area contributed by atoms with Gasteiger partial charge >= 0.3 is 0 Å². The Labute approximate surface area is 130 Å². The normalized spacial score (nSPS) is 15.1. The number of nitrogens with one attached hydrogen (secondary N) is 1. The summed E-state index contributed by atoms with van der Waals surface area (Å²) in [6.07, 6.45) is 0.649. The molecule has 0 aliphatic rings. The van der Waals surface area contributed by atoms with E-state index in [2.05, 4.69) is 33.0 Å². The van der Waals surface area contributed by atoms with E-state index in [0.29, 0.717) is 29.2 Å². The Bertz CT molecular complexity index is 520. The smallest absolute Gasteiger partial charge is 0.178 e. The van der Waals surface area contributed by atoms with Crippen LogP contribution in [-0.2, 0) is 9.84 Å². The van der Waals surface area contributed by atoms with Gasteiger partial charge in [0.2, 0.25) is 0 Å². The third-order valence-electron chi connectivity index (χ3n) is 3.88.